The van der Waals surface area contributed by atoms with Crippen molar-refractivity contribution >= 4 is 11.8 Å². The van der Waals surface area contributed by atoms with Crippen molar-refractivity contribution in [1.29, 1.82) is 0 Å². The van der Waals surface area contributed by atoms with Gasteiger partial charge < -0.3 is 10.1 Å². The molecule has 1 aliphatic carbocycles. The average molecular weight is 393 g/mol. The summed E-state index contributed by atoms with van der Waals surface area (Å²) in [6.07, 6.45) is 8.11. The minimum absolute atomic E-state index is 0.133. The molecule has 152 valence electrons. The summed E-state index contributed by atoms with van der Waals surface area (Å²) in [6, 6.07) is 10.6. The van der Waals surface area contributed by atoms with Crippen molar-refractivity contribution < 1.29 is 14.3 Å². The topological polar surface area (TPSA) is 71.5 Å². The lowest BCUT2D eigenvalue weighted by molar-refractivity contribution is -0.127. The summed E-state index contributed by atoms with van der Waals surface area (Å²) in [5.74, 6) is -0.317. The van der Waals surface area contributed by atoms with Gasteiger partial charge in [0, 0.05) is 24.5 Å². The molecule has 0 bridgehead atoms. The molecule has 1 aliphatic heterocycles. The van der Waals surface area contributed by atoms with Gasteiger partial charge in [-0.1, -0.05) is 30.2 Å². The Morgan fingerprint density at radius 3 is 2.62 bits per heavy atom. The first-order chi connectivity index (χ1) is 14.1. The third-order valence-electron chi connectivity index (χ3n) is 5.90. The molecule has 1 atom stereocenters. The van der Waals surface area contributed by atoms with Crippen molar-refractivity contribution in [2.24, 2.45) is 0 Å². The predicted molar refractivity (Wildman–Crippen MR) is 109 cm³/mol. The molecule has 0 radical (unpaired) electrons. The molecule has 1 saturated carbocycles. The maximum atomic E-state index is 13.5. The molecule has 6 nitrogen and oxygen atoms in total. The summed E-state index contributed by atoms with van der Waals surface area (Å²) in [6.45, 7) is 2.60. The maximum Gasteiger partial charge on any atom is 0.256 e. The van der Waals surface area contributed by atoms with Crippen LogP contribution in [0.1, 0.15) is 53.6 Å². The molecule has 4 rings (SSSR count). The van der Waals surface area contributed by atoms with E-state index in [1.807, 2.05) is 43.3 Å². The van der Waals surface area contributed by atoms with Gasteiger partial charge in [-0.2, -0.15) is 0 Å². The zero-order valence-electron chi connectivity index (χ0n) is 16.8. The number of nitrogens with one attached hydrogen (secondary N) is 1. The first-order valence-corrected chi connectivity index (χ1v) is 10.3. The quantitative estimate of drug-likeness (QED) is 0.866. The van der Waals surface area contributed by atoms with Crippen LogP contribution in [0.4, 0.5) is 0 Å². The first kappa shape index (κ1) is 19.6. The van der Waals surface area contributed by atoms with Gasteiger partial charge in [-0.15, -0.1) is 0 Å². The van der Waals surface area contributed by atoms with Crippen LogP contribution in [0, 0.1) is 6.92 Å². The number of ether oxygens (including phenoxy) is 1. The molecule has 1 unspecified atom stereocenters. The van der Waals surface area contributed by atoms with Crippen molar-refractivity contribution in [2.75, 3.05) is 6.61 Å². The number of rotatable bonds is 4. The standard InChI is InChI=1S/C23H27N3O3/c1-17-7-9-19(10-8-17)22(28)26-20(16-29-23(26)11-3-2-4-12-23)21(27)25-15-18-6-5-13-24-14-18/h5-10,13-14,20H,2-4,11-12,15-16H2,1H3,(H,25,27). The molecule has 2 aliphatic rings. The minimum Gasteiger partial charge on any atom is -0.353 e. The molecular formula is C23H27N3O3. The SMILES string of the molecule is Cc1ccc(C(=O)N2C(C(=O)NCc3cccnc3)COC23CCCCC3)cc1. The van der Waals surface area contributed by atoms with E-state index in [1.165, 1.54) is 0 Å². The van der Waals surface area contributed by atoms with Gasteiger partial charge >= 0.3 is 0 Å². The molecule has 2 aromatic rings. The van der Waals surface area contributed by atoms with Crippen molar-refractivity contribution in [3.63, 3.8) is 0 Å². The van der Waals surface area contributed by atoms with E-state index in [-0.39, 0.29) is 18.4 Å². The Bertz CT molecular complexity index is 861. The van der Waals surface area contributed by atoms with Gasteiger partial charge in [0.1, 0.15) is 11.8 Å². The normalized spacial score (nSPS) is 20.6. The van der Waals surface area contributed by atoms with Crippen molar-refractivity contribution in [2.45, 2.75) is 57.3 Å². The zero-order valence-corrected chi connectivity index (χ0v) is 16.8. The fourth-order valence-corrected chi connectivity index (χ4v) is 4.32. The molecule has 2 amide bonds. The van der Waals surface area contributed by atoms with Crippen LogP contribution >= 0.6 is 0 Å². The second-order valence-corrected chi connectivity index (χ2v) is 7.95. The average Bonchev–Trinajstić information content (AvgIpc) is 3.11. The number of benzene rings is 1. The number of pyridine rings is 1. The monoisotopic (exact) mass is 393 g/mol. The molecule has 1 N–H and O–H groups in total. The summed E-state index contributed by atoms with van der Waals surface area (Å²) < 4.78 is 6.18. The highest BCUT2D eigenvalue weighted by Crippen LogP contribution is 2.41. The van der Waals surface area contributed by atoms with Gasteiger partial charge in [0.25, 0.3) is 5.91 Å². The summed E-state index contributed by atoms with van der Waals surface area (Å²) >= 11 is 0. The fraction of sp³-hybridized carbons (Fsp3) is 0.435. The van der Waals surface area contributed by atoms with Crippen LogP contribution in [-0.2, 0) is 16.1 Å². The molecule has 29 heavy (non-hydrogen) atoms. The van der Waals surface area contributed by atoms with Crippen LogP contribution < -0.4 is 5.32 Å². The fourth-order valence-electron chi connectivity index (χ4n) is 4.32. The van der Waals surface area contributed by atoms with Gasteiger partial charge in [-0.3, -0.25) is 19.5 Å². The second-order valence-electron chi connectivity index (χ2n) is 7.95. The van der Waals surface area contributed by atoms with E-state index in [0.29, 0.717) is 12.1 Å². The van der Waals surface area contributed by atoms with Crippen molar-refractivity contribution in [3.8, 4) is 0 Å². The zero-order chi connectivity index (χ0) is 20.3. The number of amides is 2. The second kappa shape index (κ2) is 8.33. The molecule has 2 fully saturated rings. The highest BCUT2D eigenvalue weighted by atomic mass is 16.5. The van der Waals surface area contributed by atoms with Crippen LogP contribution in [0.15, 0.2) is 48.8 Å². The van der Waals surface area contributed by atoms with E-state index >= 15 is 0 Å². The van der Waals surface area contributed by atoms with Crippen molar-refractivity contribution in [3.05, 3.63) is 65.5 Å². The first-order valence-electron chi connectivity index (χ1n) is 10.3. The lowest BCUT2D eigenvalue weighted by Crippen LogP contribution is -2.56. The number of hydrogen-bond acceptors (Lipinski definition) is 4. The molecular weight excluding hydrogens is 366 g/mol. The Kier molecular flexibility index (Phi) is 5.62. The van der Waals surface area contributed by atoms with E-state index in [1.54, 1.807) is 17.3 Å². The summed E-state index contributed by atoms with van der Waals surface area (Å²) in [7, 11) is 0. The maximum absolute atomic E-state index is 13.5. The Hall–Kier alpha value is -2.73. The van der Waals surface area contributed by atoms with E-state index in [9.17, 15) is 9.59 Å². The van der Waals surface area contributed by atoms with Gasteiger partial charge in [0.2, 0.25) is 5.91 Å². The number of nitrogens with zero attached hydrogens (tertiary/aromatic N) is 2. The highest BCUT2D eigenvalue weighted by molar-refractivity contribution is 5.98. The van der Waals surface area contributed by atoms with Crippen molar-refractivity contribution in [1.82, 2.24) is 15.2 Å². The smallest absolute Gasteiger partial charge is 0.256 e. The number of carbonyl (C=O) groups is 2. The number of aromatic nitrogens is 1. The van der Waals surface area contributed by atoms with Gasteiger partial charge in [-0.25, -0.2) is 0 Å². The third-order valence-corrected chi connectivity index (χ3v) is 5.90. The molecule has 1 spiro atoms. The minimum atomic E-state index is -0.670. The van der Waals surface area contributed by atoms with Gasteiger partial charge in [0.05, 0.1) is 6.61 Å². The third kappa shape index (κ3) is 4.03. The molecule has 1 aromatic heterocycles. The van der Waals surface area contributed by atoms with Crippen LogP contribution in [0.2, 0.25) is 0 Å². The molecule has 2 heterocycles. The lowest BCUT2D eigenvalue weighted by Gasteiger charge is -2.41. The van der Waals surface area contributed by atoms with E-state index in [4.69, 9.17) is 4.74 Å². The number of carbonyl (C=O) groups excluding carboxylic acids is 2. The highest BCUT2D eigenvalue weighted by Gasteiger charge is 2.52. The van der Waals surface area contributed by atoms with Gasteiger partial charge in [0.15, 0.2) is 0 Å². The summed E-state index contributed by atoms with van der Waals surface area (Å²) in [5, 5.41) is 2.96. The predicted octanol–water partition coefficient (Wildman–Crippen LogP) is 3.21. The number of aryl methyl sites for hydroxylation is 1. The molecule has 6 heteroatoms. The van der Waals surface area contributed by atoms with Crippen LogP contribution in [0.25, 0.3) is 0 Å². The number of hydrogen-bond donors (Lipinski definition) is 1. The van der Waals surface area contributed by atoms with Crippen LogP contribution in [0.3, 0.4) is 0 Å². The van der Waals surface area contributed by atoms with Crippen LogP contribution in [-0.4, -0.2) is 40.1 Å². The summed E-state index contributed by atoms with van der Waals surface area (Å²) in [4.78, 5) is 32.3. The van der Waals surface area contributed by atoms with E-state index < -0.39 is 11.8 Å². The Morgan fingerprint density at radius 1 is 1.17 bits per heavy atom. The van der Waals surface area contributed by atoms with Crippen LogP contribution in [0.5, 0.6) is 0 Å². The summed E-state index contributed by atoms with van der Waals surface area (Å²) in [5.41, 5.74) is 1.94. The largest absolute Gasteiger partial charge is 0.353 e. The van der Waals surface area contributed by atoms with E-state index in [0.717, 1.165) is 43.2 Å². The molecule has 1 aromatic carbocycles. The Balaban J connectivity index is 1.57. The van der Waals surface area contributed by atoms with Gasteiger partial charge in [-0.05, 0) is 56.4 Å². The Labute approximate surface area is 171 Å². The van der Waals surface area contributed by atoms with E-state index in [2.05, 4.69) is 10.3 Å². The lowest BCUT2D eigenvalue weighted by atomic mass is 9.89. The Morgan fingerprint density at radius 2 is 1.93 bits per heavy atom. The molecule has 1 saturated heterocycles.